The first-order valence-corrected chi connectivity index (χ1v) is 18.8. The Hall–Kier alpha value is -4.98. The van der Waals surface area contributed by atoms with Crippen LogP contribution in [-0.4, -0.2) is 49.0 Å². The average Bonchev–Trinajstić information content (AvgIpc) is 4.04. The zero-order valence-corrected chi connectivity index (χ0v) is 31.8. The summed E-state index contributed by atoms with van der Waals surface area (Å²) in [7, 11) is 0. The van der Waals surface area contributed by atoms with Crippen molar-refractivity contribution in [3.8, 4) is 11.4 Å². The zero-order valence-electron chi connectivity index (χ0n) is 31.8. The first-order valence-electron chi connectivity index (χ1n) is 18.8. The van der Waals surface area contributed by atoms with Gasteiger partial charge in [0.25, 0.3) is 0 Å². The van der Waals surface area contributed by atoms with Gasteiger partial charge in [-0.05, 0) is 113 Å². The molecule has 2 fully saturated rings. The molecule has 2 saturated carbocycles. The summed E-state index contributed by atoms with van der Waals surface area (Å²) in [6, 6.07) is 23.5. The lowest BCUT2D eigenvalue weighted by Gasteiger charge is -2.30. The third-order valence-electron chi connectivity index (χ3n) is 10.6. The molecule has 7 rings (SSSR count). The van der Waals surface area contributed by atoms with E-state index in [1.165, 1.54) is 27.8 Å². The van der Waals surface area contributed by atoms with E-state index in [0.29, 0.717) is 24.3 Å². The van der Waals surface area contributed by atoms with Crippen molar-refractivity contribution in [1.82, 2.24) is 24.0 Å². The van der Waals surface area contributed by atoms with Crippen molar-refractivity contribution < 1.29 is 14.3 Å². The molecule has 1 amide bonds. The van der Waals surface area contributed by atoms with Crippen LogP contribution in [0.2, 0.25) is 0 Å². The van der Waals surface area contributed by atoms with E-state index in [2.05, 4.69) is 108 Å². The molecule has 5 unspecified atom stereocenters. The van der Waals surface area contributed by atoms with E-state index in [1.54, 1.807) is 0 Å². The number of carbonyl (C=O) groups excluding carboxylic acids is 2. The van der Waals surface area contributed by atoms with Crippen LogP contribution in [0.3, 0.4) is 0 Å². The number of benzene rings is 3. The van der Waals surface area contributed by atoms with E-state index in [0.717, 1.165) is 55.0 Å². The molecule has 8 heteroatoms. The number of aryl methyl sites for hydroxylation is 4. The minimum Gasteiger partial charge on any atom is -0.466 e. The predicted molar refractivity (Wildman–Crippen MR) is 206 cm³/mol. The Morgan fingerprint density at radius 2 is 1.33 bits per heavy atom. The molecule has 5 atom stereocenters. The number of hydrogen-bond acceptors (Lipinski definition) is 5. The fraction of sp³-hybridized carbons (Fsp3) is 0.409. The number of unbranched alkanes of at least 4 members (excludes halogenated alkanes) is 1. The second-order valence-electron chi connectivity index (χ2n) is 14.6. The second kappa shape index (κ2) is 16.1. The molecular formula is C44H53N5O3. The number of amides is 1. The van der Waals surface area contributed by atoms with Crippen LogP contribution in [0.5, 0.6) is 0 Å². The maximum absolute atomic E-state index is 13.5. The number of rotatable bonds is 12. The fourth-order valence-electron chi connectivity index (χ4n) is 7.36. The molecule has 2 aliphatic rings. The maximum atomic E-state index is 13.5. The highest BCUT2D eigenvalue weighted by molar-refractivity contribution is 5.83. The van der Waals surface area contributed by atoms with Gasteiger partial charge in [0.1, 0.15) is 0 Å². The molecule has 5 aromatic rings. The van der Waals surface area contributed by atoms with E-state index in [9.17, 15) is 9.59 Å². The van der Waals surface area contributed by atoms with E-state index in [1.807, 2.05) is 56.5 Å². The van der Waals surface area contributed by atoms with Crippen LogP contribution in [0.1, 0.15) is 104 Å². The highest BCUT2D eigenvalue weighted by atomic mass is 16.5. The number of ether oxygens (including phenoxy) is 1. The Bertz CT molecular complexity index is 2000. The standard InChI is InChI=1S/C27H33N3O.C17H20N2O2/c1-5-6-14-30(21(4)22-10-8-7-9-11-22)27(31)25-16-24(25)23-12-13-26(19(2)15-23)29-17-20(3)28-18-29;1-4-21-17(20)15-8-14(15)13-5-6-16(11(2)7-13)19-9-12(3)18-10-19/h7-13,15,17-18,21,24-25H,5-6,14,16H2,1-4H3;5-7,9-10,14-15H,4,8H2,1-3H3. The van der Waals surface area contributed by atoms with Crippen LogP contribution < -0.4 is 0 Å². The summed E-state index contributed by atoms with van der Waals surface area (Å²) in [5.41, 5.74) is 10.4. The van der Waals surface area contributed by atoms with Gasteiger partial charge in [0, 0.05) is 36.2 Å². The molecule has 2 heterocycles. The van der Waals surface area contributed by atoms with Gasteiger partial charge >= 0.3 is 5.97 Å². The summed E-state index contributed by atoms with van der Waals surface area (Å²) in [5, 5.41) is 0. The predicted octanol–water partition coefficient (Wildman–Crippen LogP) is 9.14. The average molecular weight is 700 g/mol. The fourth-order valence-corrected chi connectivity index (χ4v) is 7.36. The van der Waals surface area contributed by atoms with Gasteiger partial charge in [0.15, 0.2) is 0 Å². The molecule has 0 N–H and O–H groups in total. The minimum atomic E-state index is -0.0607. The van der Waals surface area contributed by atoms with Crippen molar-refractivity contribution in [1.29, 1.82) is 0 Å². The third-order valence-corrected chi connectivity index (χ3v) is 10.6. The van der Waals surface area contributed by atoms with E-state index < -0.39 is 0 Å². The van der Waals surface area contributed by atoms with E-state index in [-0.39, 0.29) is 23.8 Å². The lowest BCUT2D eigenvalue weighted by molar-refractivity contribution is -0.144. The van der Waals surface area contributed by atoms with Gasteiger partial charge in [-0.15, -0.1) is 0 Å². The largest absolute Gasteiger partial charge is 0.466 e. The molecule has 0 saturated heterocycles. The van der Waals surface area contributed by atoms with Crippen LogP contribution in [0.4, 0.5) is 0 Å². The number of esters is 1. The van der Waals surface area contributed by atoms with E-state index in [4.69, 9.17) is 4.74 Å². The molecule has 8 nitrogen and oxygen atoms in total. The van der Waals surface area contributed by atoms with Crippen molar-refractivity contribution in [2.45, 2.75) is 92.0 Å². The summed E-state index contributed by atoms with van der Waals surface area (Å²) < 4.78 is 9.19. The van der Waals surface area contributed by atoms with Crippen LogP contribution in [0.15, 0.2) is 91.8 Å². The summed E-state index contributed by atoms with van der Waals surface area (Å²) in [6.45, 7) is 15.7. The van der Waals surface area contributed by atoms with Crippen molar-refractivity contribution in [3.63, 3.8) is 0 Å². The number of imidazole rings is 2. The van der Waals surface area contributed by atoms with Crippen LogP contribution in [0, 0.1) is 39.5 Å². The summed E-state index contributed by atoms with van der Waals surface area (Å²) in [4.78, 5) is 35.9. The number of carbonyl (C=O) groups is 2. The molecular weight excluding hydrogens is 647 g/mol. The molecule has 2 aromatic heterocycles. The molecule has 0 aliphatic heterocycles. The third kappa shape index (κ3) is 8.38. The van der Waals surface area contributed by atoms with Gasteiger partial charge in [-0.25, -0.2) is 9.97 Å². The van der Waals surface area contributed by atoms with Crippen LogP contribution in [0.25, 0.3) is 11.4 Å². The molecule has 3 aromatic carbocycles. The van der Waals surface area contributed by atoms with Gasteiger partial charge in [0.05, 0.1) is 42.6 Å². The Kier molecular flexibility index (Phi) is 11.4. The SMILES string of the molecule is CCCCN(C(=O)C1CC1c1ccc(-n2cnc(C)c2)c(C)c1)C(C)c1ccccc1.CCOC(=O)C1CC1c1ccc(-n2cnc(C)c2)c(C)c1. The molecule has 52 heavy (non-hydrogen) atoms. The van der Waals surface area contributed by atoms with Crippen molar-refractivity contribution in [2.75, 3.05) is 13.2 Å². The minimum absolute atomic E-state index is 0.0469. The molecule has 272 valence electrons. The van der Waals surface area contributed by atoms with Gasteiger partial charge < -0.3 is 18.8 Å². The normalized spacial score (nSPS) is 19.3. The molecule has 0 spiro atoms. The topological polar surface area (TPSA) is 82.3 Å². The van der Waals surface area contributed by atoms with E-state index >= 15 is 0 Å². The Morgan fingerprint density at radius 1 is 0.788 bits per heavy atom. The molecule has 0 radical (unpaired) electrons. The lowest BCUT2D eigenvalue weighted by atomic mass is 10.0. The summed E-state index contributed by atoms with van der Waals surface area (Å²) >= 11 is 0. The number of nitrogens with zero attached hydrogens (tertiary/aromatic N) is 5. The second-order valence-corrected chi connectivity index (χ2v) is 14.6. The monoisotopic (exact) mass is 699 g/mol. The molecule has 0 bridgehead atoms. The Labute approximate surface area is 308 Å². The van der Waals surface area contributed by atoms with Gasteiger partial charge in [-0.3, -0.25) is 9.59 Å². The number of hydrogen-bond donors (Lipinski definition) is 0. The van der Waals surface area contributed by atoms with Gasteiger partial charge in [-0.1, -0.05) is 67.9 Å². The maximum Gasteiger partial charge on any atom is 0.309 e. The van der Waals surface area contributed by atoms with Crippen molar-refractivity contribution >= 4 is 11.9 Å². The summed E-state index contributed by atoms with van der Waals surface area (Å²) in [5.74, 6) is 1.05. The first-order chi connectivity index (χ1) is 25.1. The van der Waals surface area contributed by atoms with Crippen LogP contribution >= 0.6 is 0 Å². The number of aromatic nitrogens is 4. The van der Waals surface area contributed by atoms with Crippen molar-refractivity contribution in [2.24, 2.45) is 11.8 Å². The lowest BCUT2D eigenvalue weighted by Crippen LogP contribution is -2.36. The van der Waals surface area contributed by atoms with Crippen molar-refractivity contribution in [3.05, 3.63) is 131 Å². The first kappa shape index (κ1) is 36.8. The smallest absolute Gasteiger partial charge is 0.309 e. The highest BCUT2D eigenvalue weighted by Gasteiger charge is 2.47. The van der Waals surface area contributed by atoms with Gasteiger partial charge in [0.2, 0.25) is 5.91 Å². The van der Waals surface area contributed by atoms with Crippen LogP contribution in [-0.2, 0) is 14.3 Å². The quantitative estimate of drug-likeness (QED) is 0.121. The molecule has 2 aliphatic carbocycles. The Balaban J connectivity index is 0.000000192. The summed E-state index contributed by atoms with van der Waals surface area (Å²) in [6.07, 6.45) is 11.7. The Morgan fingerprint density at radius 3 is 1.81 bits per heavy atom. The highest BCUT2D eigenvalue weighted by Crippen LogP contribution is 2.50. The zero-order chi connectivity index (χ0) is 36.9. The van der Waals surface area contributed by atoms with Gasteiger partial charge in [-0.2, -0.15) is 0 Å².